The van der Waals surface area contributed by atoms with Crippen LogP contribution in [0.4, 0.5) is 0 Å². The number of benzene rings is 1. The third kappa shape index (κ3) is 13.1. The minimum atomic E-state index is 0.0178. The van der Waals surface area contributed by atoms with Gasteiger partial charge in [-0.1, -0.05) is 168 Å². The van der Waals surface area contributed by atoms with Crippen LogP contribution in [-0.2, 0) is 19.3 Å². The Kier molecular flexibility index (Phi) is 16.3. The second kappa shape index (κ2) is 24.7. The van der Waals surface area contributed by atoms with E-state index in [1.54, 1.807) is 0 Å². The maximum atomic E-state index is 4.74. The van der Waals surface area contributed by atoms with Crippen LogP contribution in [0.3, 0.4) is 0 Å². The molecule has 0 saturated heterocycles. The molecule has 6 heteroatoms. The number of hydrogen-bond donors (Lipinski definition) is 0. The quantitative estimate of drug-likeness (QED) is 0.0629. The van der Waals surface area contributed by atoms with E-state index in [4.69, 9.17) is 29.9 Å². The van der Waals surface area contributed by atoms with Gasteiger partial charge in [0.1, 0.15) is 0 Å². The largest absolute Gasteiger partial charge is 0.254 e. The molecule has 0 atom stereocenters. The van der Waals surface area contributed by atoms with E-state index >= 15 is 0 Å². The summed E-state index contributed by atoms with van der Waals surface area (Å²) in [6.07, 6.45) is 39.1. The molecular formula is C81H78N6. The van der Waals surface area contributed by atoms with Crippen molar-refractivity contribution in [3.63, 3.8) is 0 Å². The second-order valence-corrected chi connectivity index (χ2v) is 27.0. The average Bonchev–Trinajstić information content (AvgIpc) is 0.727. The summed E-state index contributed by atoms with van der Waals surface area (Å²) in [6.45, 7) is 6.75. The van der Waals surface area contributed by atoms with Crippen molar-refractivity contribution in [2.24, 2.45) is 32.5 Å². The number of aryl methyl sites for hydroxylation is 3. The molecule has 16 rings (SSSR count). The normalized spacial score (nSPS) is 24.0. The van der Waals surface area contributed by atoms with E-state index in [9.17, 15) is 0 Å². The van der Waals surface area contributed by atoms with Crippen molar-refractivity contribution in [3.05, 3.63) is 178 Å². The maximum absolute atomic E-state index is 4.74. The lowest BCUT2D eigenvalue weighted by Crippen LogP contribution is -2.60. The summed E-state index contributed by atoms with van der Waals surface area (Å²) in [7, 11) is 0. The third-order valence-electron chi connectivity index (χ3n) is 19.4. The Balaban J connectivity index is 0.651. The van der Waals surface area contributed by atoms with Crippen molar-refractivity contribution in [1.29, 1.82) is 0 Å². The summed E-state index contributed by atoms with van der Waals surface area (Å²) in [5, 5.41) is 0. The van der Waals surface area contributed by atoms with Crippen LogP contribution in [0.1, 0.15) is 206 Å². The number of hydrogen-bond acceptors (Lipinski definition) is 6. The van der Waals surface area contributed by atoms with E-state index in [0.29, 0.717) is 0 Å². The number of nitrogens with zero attached hydrogens (tertiary/aromatic N) is 6. The zero-order chi connectivity index (χ0) is 59.2. The molecule has 0 aliphatic heterocycles. The SMILES string of the molecule is CCCCCCc1ccc(-c2ccc(C#CC34CC(C#Cc5cc(C#CC67CC(C#Cc8ccc(-c9ccc(CCCCCC)cn9)nc8)(C6)C7)cc(C#CC67CC(C#Cc8ccc(-c9ccc(CCCCCC)cn9)nc8)(C6)C7)c5)(C3)C4)cn2)nc1. The standard InChI is InChI=1S/C81H78N6/c1-4-7-10-13-16-61-19-25-70(82-46-61)73-28-22-64(49-85-73)31-37-76-52-79(53-76,54-76)40-34-67-43-68(35-41-80-55-77(56-80,57-80)38-32-65-23-29-74(86-50-65)71-26-20-62(47-83-71)17-14-11-8-5-2)45-69(44-67)36-42-81-58-78(59-81,60-81)39-33-66-24-30-75(87-51-66)72-27-21-63(48-84-72)18-15-12-9-6-3/h19-30,43-51H,4-18,52-60H2,1-3H3. The van der Waals surface area contributed by atoms with Crippen LogP contribution in [0, 0.1) is 104 Å². The minimum absolute atomic E-state index is 0.0178. The summed E-state index contributed by atoms with van der Waals surface area (Å²) in [6, 6.07) is 31.7. The molecule has 9 fully saturated rings. The summed E-state index contributed by atoms with van der Waals surface area (Å²) >= 11 is 0. The molecule has 432 valence electrons. The second-order valence-electron chi connectivity index (χ2n) is 27.0. The van der Waals surface area contributed by atoms with Gasteiger partial charge in [0, 0.05) is 103 Å². The van der Waals surface area contributed by atoms with Crippen molar-refractivity contribution < 1.29 is 0 Å². The highest BCUT2D eigenvalue weighted by Gasteiger charge is 2.68. The van der Waals surface area contributed by atoms with Gasteiger partial charge in [0.2, 0.25) is 0 Å². The molecule has 6 nitrogen and oxygen atoms in total. The van der Waals surface area contributed by atoms with Gasteiger partial charge in [0.05, 0.1) is 34.2 Å². The highest BCUT2D eigenvalue weighted by atomic mass is 14.8. The van der Waals surface area contributed by atoms with Gasteiger partial charge in [-0.25, -0.2) is 0 Å². The first-order valence-corrected chi connectivity index (χ1v) is 32.6. The number of pyridine rings is 6. The Morgan fingerprint density at radius 1 is 0.264 bits per heavy atom. The van der Waals surface area contributed by atoms with Crippen LogP contribution in [0.2, 0.25) is 0 Å². The van der Waals surface area contributed by atoms with Crippen LogP contribution in [0.5, 0.6) is 0 Å². The highest BCUT2D eigenvalue weighted by molar-refractivity contribution is 5.60. The van der Waals surface area contributed by atoms with Gasteiger partial charge < -0.3 is 0 Å². The van der Waals surface area contributed by atoms with E-state index in [0.717, 1.165) is 145 Å². The first-order valence-electron chi connectivity index (χ1n) is 32.6. The predicted molar refractivity (Wildman–Crippen MR) is 350 cm³/mol. The maximum Gasteiger partial charge on any atom is 0.0887 e. The summed E-state index contributed by atoms with van der Waals surface area (Å²) < 4.78 is 0. The molecule has 6 aromatic heterocycles. The van der Waals surface area contributed by atoms with Gasteiger partial charge in [-0.3, -0.25) is 29.9 Å². The van der Waals surface area contributed by atoms with Crippen LogP contribution >= 0.6 is 0 Å². The molecule has 0 radical (unpaired) electrons. The monoisotopic (exact) mass is 1130 g/mol. The van der Waals surface area contributed by atoms with Gasteiger partial charge in [-0.2, -0.15) is 0 Å². The average molecular weight is 1140 g/mol. The molecule has 0 amide bonds. The van der Waals surface area contributed by atoms with Crippen molar-refractivity contribution in [2.45, 2.75) is 175 Å². The lowest BCUT2D eigenvalue weighted by molar-refractivity contribution is -0.113. The first-order chi connectivity index (χ1) is 42.5. The smallest absolute Gasteiger partial charge is 0.0887 e. The Morgan fingerprint density at radius 3 is 0.701 bits per heavy atom. The lowest BCUT2D eigenvalue weighted by Gasteiger charge is -2.65. The third-order valence-corrected chi connectivity index (χ3v) is 19.4. The predicted octanol–water partition coefficient (Wildman–Crippen LogP) is 17.1. The van der Waals surface area contributed by atoms with E-state index in [2.05, 4.69) is 165 Å². The van der Waals surface area contributed by atoms with Gasteiger partial charge >= 0.3 is 0 Å². The molecule has 1 aromatic carbocycles. The van der Waals surface area contributed by atoms with E-state index in [-0.39, 0.29) is 32.5 Å². The topological polar surface area (TPSA) is 77.3 Å². The molecule has 0 N–H and O–H groups in total. The van der Waals surface area contributed by atoms with Crippen LogP contribution in [0.15, 0.2) is 128 Å². The molecule has 9 aliphatic carbocycles. The Hall–Kier alpha value is -8.52. The molecule has 0 spiro atoms. The highest BCUT2D eigenvalue weighted by Crippen LogP contribution is 2.74. The molecule has 9 aliphatic rings. The van der Waals surface area contributed by atoms with Crippen LogP contribution in [0.25, 0.3) is 34.2 Å². The summed E-state index contributed by atoms with van der Waals surface area (Å²) in [5.74, 6) is 43.4. The zero-order valence-corrected chi connectivity index (χ0v) is 51.3. The van der Waals surface area contributed by atoms with Gasteiger partial charge in [0.15, 0.2) is 0 Å². The lowest BCUT2D eigenvalue weighted by atomic mass is 9.36. The number of unbranched alkanes of at least 4 members (excludes halogenated alkanes) is 9. The van der Waals surface area contributed by atoms with Crippen molar-refractivity contribution >= 4 is 0 Å². The fourth-order valence-electron chi connectivity index (χ4n) is 14.5. The van der Waals surface area contributed by atoms with Crippen LogP contribution in [-0.4, -0.2) is 29.9 Å². The van der Waals surface area contributed by atoms with Crippen molar-refractivity contribution in [1.82, 2.24) is 29.9 Å². The Bertz CT molecular complexity index is 3570. The van der Waals surface area contributed by atoms with E-state index < -0.39 is 0 Å². The summed E-state index contributed by atoms with van der Waals surface area (Å²) in [5.41, 5.74) is 15.1. The minimum Gasteiger partial charge on any atom is -0.254 e. The van der Waals surface area contributed by atoms with Gasteiger partial charge in [0.25, 0.3) is 0 Å². The molecule has 7 aromatic rings. The molecule has 87 heavy (non-hydrogen) atoms. The van der Waals surface area contributed by atoms with Gasteiger partial charge in [-0.15, -0.1) is 0 Å². The Morgan fingerprint density at radius 2 is 0.494 bits per heavy atom. The fourth-order valence-corrected chi connectivity index (χ4v) is 14.5. The van der Waals surface area contributed by atoms with Crippen molar-refractivity contribution in [2.75, 3.05) is 0 Å². The molecule has 0 unspecified atom stereocenters. The fraction of sp³-hybridized carbons (Fsp3) is 0.407. The van der Waals surface area contributed by atoms with Crippen LogP contribution < -0.4 is 0 Å². The zero-order valence-electron chi connectivity index (χ0n) is 51.3. The Labute approximate surface area is 517 Å². The number of aromatic nitrogens is 6. The van der Waals surface area contributed by atoms with E-state index in [1.807, 2.05) is 55.4 Å². The van der Waals surface area contributed by atoms with Crippen molar-refractivity contribution in [3.8, 4) is 105 Å². The molecule has 6 bridgehead atoms. The first kappa shape index (κ1) is 57.5. The molecule has 9 saturated carbocycles. The molecular weight excluding hydrogens is 1060 g/mol. The van der Waals surface area contributed by atoms with Gasteiger partial charge in [-0.05, 0) is 186 Å². The summed E-state index contributed by atoms with van der Waals surface area (Å²) in [4.78, 5) is 28.4. The van der Waals surface area contributed by atoms with E-state index in [1.165, 1.54) is 93.7 Å². The number of rotatable bonds is 18. The molecule has 6 heterocycles.